The molecule has 30 heavy (non-hydrogen) atoms. The average Bonchev–Trinajstić information content (AvgIpc) is 3.27. The van der Waals surface area contributed by atoms with Gasteiger partial charge in [-0.15, -0.1) is 11.3 Å². The van der Waals surface area contributed by atoms with Crippen molar-refractivity contribution in [3.05, 3.63) is 71.1 Å². The number of benzene rings is 2. The van der Waals surface area contributed by atoms with Gasteiger partial charge in [0.1, 0.15) is 18.1 Å². The average molecular weight is 423 g/mol. The Bertz CT molecular complexity index is 1060. The minimum absolute atomic E-state index is 0.293. The Balaban J connectivity index is 1.55. The van der Waals surface area contributed by atoms with E-state index in [1.54, 1.807) is 32.3 Å². The van der Waals surface area contributed by atoms with Crippen LogP contribution in [0.25, 0.3) is 10.4 Å². The predicted molar refractivity (Wildman–Crippen MR) is 114 cm³/mol. The summed E-state index contributed by atoms with van der Waals surface area (Å²) in [4.78, 5) is 28.1. The van der Waals surface area contributed by atoms with Gasteiger partial charge in [-0.25, -0.2) is 4.79 Å². The normalized spacial score (nSPS) is 13.4. The summed E-state index contributed by atoms with van der Waals surface area (Å²) in [5, 5.41) is 0. The second-order valence-corrected chi connectivity index (χ2v) is 8.03. The van der Waals surface area contributed by atoms with Crippen molar-refractivity contribution in [3.63, 3.8) is 0 Å². The van der Waals surface area contributed by atoms with Crippen LogP contribution < -0.4 is 9.47 Å². The molecule has 7 heteroatoms. The largest absolute Gasteiger partial charge is 0.486 e. The summed E-state index contributed by atoms with van der Waals surface area (Å²) >= 11 is 1.31. The van der Waals surface area contributed by atoms with Gasteiger partial charge in [-0.05, 0) is 35.9 Å². The number of esters is 1. The third-order valence-electron chi connectivity index (χ3n) is 4.63. The topological polar surface area (TPSA) is 65.1 Å². The number of nitrogens with zero attached hydrogens (tertiary/aromatic N) is 1. The Hall–Kier alpha value is -3.32. The summed E-state index contributed by atoms with van der Waals surface area (Å²) in [6.07, 6.45) is -0.992. The SMILES string of the molecule is CN(C)C(=O)C(OC(=O)c1ccc(-c2ccc3c(c2)OCCO3)s1)c1ccccc1. The van der Waals surface area contributed by atoms with Gasteiger partial charge in [-0.2, -0.15) is 0 Å². The fraction of sp³-hybridized carbons (Fsp3) is 0.217. The summed E-state index contributed by atoms with van der Waals surface area (Å²) in [6, 6.07) is 18.3. The Morgan fingerprint density at radius 1 is 0.967 bits per heavy atom. The van der Waals surface area contributed by atoms with Crippen LogP contribution in [0.1, 0.15) is 21.3 Å². The van der Waals surface area contributed by atoms with Crippen molar-refractivity contribution in [2.75, 3.05) is 27.3 Å². The zero-order chi connectivity index (χ0) is 21.1. The lowest BCUT2D eigenvalue weighted by atomic mass is 10.1. The lowest BCUT2D eigenvalue weighted by Gasteiger charge is -2.21. The summed E-state index contributed by atoms with van der Waals surface area (Å²) in [6.45, 7) is 1.05. The van der Waals surface area contributed by atoms with E-state index in [1.165, 1.54) is 16.2 Å². The molecule has 0 saturated carbocycles. The maximum Gasteiger partial charge on any atom is 0.349 e. The number of likely N-dealkylation sites (N-methyl/N-ethyl adjacent to an activating group) is 1. The molecule has 0 spiro atoms. The lowest BCUT2D eigenvalue weighted by Crippen LogP contribution is -2.31. The number of amides is 1. The fourth-order valence-corrected chi connectivity index (χ4v) is 3.97. The van der Waals surface area contributed by atoms with Gasteiger partial charge in [0.05, 0.1) is 0 Å². The molecule has 2 aromatic carbocycles. The van der Waals surface area contributed by atoms with Crippen molar-refractivity contribution in [3.8, 4) is 21.9 Å². The van der Waals surface area contributed by atoms with Crippen LogP contribution in [0.5, 0.6) is 11.5 Å². The third-order valence-corrected chi connectivity index (χ3v) is 5.74. The van der Waals surface area contributed by atoms with E-state index in [1.807, 2.05) is 42.5 Å². The molecular weight excluding hydrogens is 402 g/mol. The number of hydrogen-bond donors (Lipinski definition) is 0. The second kappa shape index (κ2) is 8.59. The van der Waals surface area contributed by atoms with Crippen LogP contribution in [0.2, 0.25) is 0 Å². The predicted octanol–water partition coefficient (Wildman–Crippen LogP) is 4.17. The van der Waals surface area contributed by atoms with Crippen molar-refractivity contribution in [2.24, 2.45) is 0 Å². The van der Waals surface area contributed by atoms with Gasteiger partial charge in [0, 0.05) is 24.5 Å². The Labute approximate surface area is 178 Å². The highest BCUT2D eigenvalue weighted by Gasteiger charge is 2.27. The fourth-order valence-electron chi connectivity index (χ4n) is 3.09. The maximum absolute atomic E-state index is 12.8. The molecule has 2 heterocycles. The molecule has 1 aliphatic rings. The van der Waals surface area contributed by atoms with Gasteiger partial charge in [-0.3, -0.25) is 4.79 Å². The van der Waals surface area contributed by atoms with Gasteiger partial charge >= 0.3 is 5.97 Å². The number of carbonyl (C=O) groups is 2. The molecule has 1 atom stereocenters. The molecule has 0 bridgehead atoms. The van der Waals surface area contributed by atoms with Crippen LogP contribution >= 0.6 is 11.3 Å². The van der Waals surface area contributed by atoms with Gasteiger partial charge in [0.25, 0.3) is 5.91 Å². The first-order valence-corrected chi connectivity index (χ1v) is 10.3. The Morgan fingerprint density at radius 2 is 1.70 bits per heavy atom. The zero-order valence-electron chi connectivity index (χ0n) is 16.7. The molecule has 1 aliphatic heterocycles. The van der Waals surface area contributed by atoms with Crippen molar-refractivity contribution < 1.29 is 23.8 Å². The highest BCUT2D eigenvalue weighted by atomic mass is 32.1. The van der Waals surface area contributed by atoms with E-state index in [2.05, 4.69) is 0 Å². The third kappa shape index (κ3) is 4.16. The monoisotopic (exact) mass is 423 g/mol. The molecule has 6 nitrogen and oxygen atoms in total. The molecule has 0 aliphatic carbocycles. The number of fused-ring (bicyclic) bond motifs is 1. The highest BCUT2D eigenvalue weighted by Crippen LogP contribution is 2.37. The van der Waals surface area contributed by atoms with Gasteiger partial charge < -0.3 is 19.1 Å². The van der Waals surface area contributed by atoms with Crippen LogP contribution in [0.15, 0.2) is 60.7 Å². The van der Waals surface area contributed by atoms with E-state index in [0.717, 1.165) is 10.4 Å². The molecule has 0 radical (unpaired) electrons. The molecule has 154 valence electrons. The quantitative estimate of drug-likeness (QED) is 0.576. The summed E-state index contributed by atoms with van der Waals surface area (Å²) in [5.74, 6) is 0.581. The Morgan fingerprint density at radius 3 is 2.43 bits per heavy atom. The lowest BCUT2D eigenvalue weighted by molar-refractivity contribution is -0.138. The molecule has 3 aromatic rings. The minimum atomic E-state index is -0.992. The van der Waals surface area contributed by atoms with Crippen molar-refractivity contribution >= 4 is 23.2 Å². The van der Waals surface area contributed by atoms with Crippen molar-refractivity contribution in [1.82, 2.24) is 4.90 Å². The van der Waals surface area contributed by atoms with Gasteiger partial charge in [-0.1, -0.05) is 30.3 Å². The van der Waals surface area contributed by atoms with Crippen molar-refractivity contribution in [1.29, 1.82) is 0 Å². The van der Waals surface area contributed by atoms with Gasteiger partial charge in [0.15, 0.2) is 11.5 Å². The number of ether oxygens (including phenoxy) is 3. The zero-order valence-corrected chi connectivity index (χ0v) is 17.5. The molecule has 4 rings (SSSR count). The van der Waals surface area contributed by atoms with Crippen molar-refractivity contribution in [2.45, 2.75) is 6.10 Å². The van der Waals surface area contributed by atoms with E-state index in [-0.39, 0.29) is 5.91 Å². The van der Waals surface area contributed by atoms with Crippen LogP contribution in [0, 0.1) is 0 Å². The first-order valence-electron chi connectivity index (χ1n) is 9.50. The summed E-state index contributed by atoms with van der Waals surface area (Å²) in [7, 11) is 3.27. The van der Waals surface area contributed by atoms with Crippen LogP contribution in [-0.4, -0.2) is 44.1 Å². The van der Waals surface area contributed by atoms with E-state index >= 15 is 0 Å². The number of hydrogen-bond acceptors (Lipinski definition) is 6. The smallest absolute Gasteiger partial charge is 0.349 e. The first-order chi connectivity index (χ1) is 14.5. The molecule has 1 unspecified atom stereocenters. The van der Waals surface area contributed by atoms with Crippen LogP contribution in [0.3, 0.4) is 0 Å². The molecule has 1 amide bonds. The first kappa shape index (κ1) is 20.0. The van der Waals surface area contributed by atoms with E-state index < -0.39 is 12.1 Å². The second-order valence-electron chi connectivity index (χ2n) is 6.95. The molecule has 0 fully saturated rings. The highest BCUT2D eigenvalue weighted by molar-refractivity contribution is 7.17. The standard InChI is InChI=1S/C23H21NO5S/c1-24(2)22(25)21(15-6-4-3-5-7-15)29-23(26)20-11-10-19(30-20)16-8-9-17-18(14-16)28-13-12-27-17/h3-11,14,21H,12-13H2,1-2H3. The molecule has 1 aromatic heterocycles. The van der Waals surface area contributed by atoms with E-state index in [4.69, 9.17) is 14.2 Å². The maximum atomic E-state index is 12.8. The minimum Gasteiger partial charge on any atom is -0.486 e. The Kier molecular flexibility index (Phi) is 5.72. The summed E-state index contributed by atoms with van der Waals surface area (Å²) in [5.41, 5.74) is 1.56. The molecule has 0 saturated heterocycles. The molecular formula is C23H21NO5S. The van der Waals surface area contributed by atoms with Gasteiger partial charge in [0.2, 0.25) is 6.10 Å². The number of rotatable bonds is 5. The van der Waals surface area contributed by atoms with E-state index in [9.17, 15) is 9.59 Å². The molecule has 0 N–H and O–H groups in total. The number of carbonyl (C=O) groups excluding carboxylic acids is 2. The van der Waals surface area contributed by atoms with Crippen LogP contribution in [0.4, 0.5) is 0 Å². The van der Waals surface area contributed by atoms with E-state index in [0.29, 0.717) is 35.2 Å². The number of thiophene rings is 1. The summed E-state index contributed by atoms with van der Waals surface area (Å²) < 4.78 is 16.8. The van der Waals surface area contributed by atoms with Crippen LogP contribution in [-0.2, 0) is 9.53 Å².